The summed E-state index contributed by atoms with van der Waals surface area (Å²) in [5.41, 5.74) is 1.87. The SMILES string of the molecule is Cc1cc(C(=O)N2CCC(CCl)CC2)ccc1Br. The molecule has 0 spiro atoms. The number of carbonyl (C=O) groups excluding carboxylic acids is 1. The molecule has 1 aromatic carbocycles. The zero-order valence-electron chi connectivity index (χ0n) is 10.5. The van der Waals surface area contributed by atoms with Crippen LogP contribution in [0.1, 0.15) is 28.8 Å². The molecule has 1 aromatic rings. The Morgan fingerprint density at radius 2 is 2.11 bits per heavy atom. The van der Waals surface area contributed by atoms with Crippen molar-refractivity contribution in [1.82, 2.24) is 4.90 Å². The van der Waals surface area contributed by atoms with Crippen molar-refractivity contribution in [2.45, 2.75) is 19.8 Å². The summed E-state index contributed by atoms with van der Waals surface area (Å²) in [6.45, 7) is 3.65. The van der Waals surface area contributed by atoms with Crippen molar-refractivity contribution in [3.63, 3.8) is 0 Å². The fraction of sp³-hybridized carbons (Fsp3) is 0.500. The second-order valence-corrected chi connectivity index (χ2v) is 6.02. The molecule has 1 saturated heterocycles. The molecule has 4 heteroatoms. The van der Waals surface area contributed by atoms with E-state index in [-0.39, 0.29) is 5.91 Å². The summed E-state index contributed by atoms with van der Waals surface area (Å²) >= 11 is 9.31. The Bertz CT molecular complexity index is 441. The molecule has 0 aromatic heterocycles. The summed E-state index contributed by atoms with van der Waals surface area (Å²) in [7, 11) is 0. The lowest BCUT2D eigenvalue weighted by atomic mass is 9.98. The number of alkyl halides is 1. The van der Waals surface area contributed by atoms with Crippen LogP contribution in [0.25, 0.3) is 0 Å². The minimum absolute atomic E-state index is 0.138. The van der Waals surface area contributed by atoms with Gasteiger partial charge in [-0.25, -0.2) is 0 Å². The number of benzene rings is 1. The number of amides is 1. The number of likely N-dealkylation sites (tertiary alicyclic amines) is 1. The van der Waals surface area contributed by atoms with E-state index in [2.05, 4.69) is 15.9 Å². The fourth-order valence-corrected chi connectivity index (χ4v) is 2.81. The molecule has 0 N–H and O–H groups in total. The van der Waals surface area contributed by atoms with Crippen molar-refractivity contribution < 1.29 is 4.79 Å². The van der Waals surface area contributed by atoms with Gasteiger partial charge in [0.2, 0.25) is 0 Å². The quantitative estimate of drug-likeness (QED) is 0.754. The zero-order chi connectivity index (χ0) is 13.1. The van der Waals surface area contributed by atoms with Gasteiger partial charge in [0.1, 0.15) is 0 Å². The molecule has 0 atom stereocenters. The fourth-order valence-electron chi connectivity index (χ4n) is 2.25. The minimum atomic E-state index is 0.138. The van der Waals surface area contributed by atoms with E-state index >= 15 is 0 Å². The summed E-state index contributed by atoms with van der Waals surface area (Å²) in [4.78, 5) is 14.3. The number of aryl methyl sites for hydroxylation is 1. The van der Waals surface area contributed by atoms with Crippen LogP contribution in [0.5, 0.6) is 0 Å². The highest BCUT2D eigenvalue weighted by Gasteiger charge is 2.23. The minimum Gasteiger partial charge on any atom is -0.339 e. The number of halogens is 2. The molecule has 2 rings (SSSR count). The van der Waals surface area contributed by atoms with E-state index in [1.54, 1.807) is 0 Å². The molecule has 1 amide bonds. The molecule has 0 bridgehead atoms. The first-order valence-corrected chi connectivity index (χ1v) is 7.56. The van der Waals surface area contributed by atoms with E-state index in [4.69, 9.17) is 11.6 Å². The topological polar surface area (TPSA) is 20.3 Å². The Kier molecular flexibility index (Phi) is 4.68. The number of nitrogens with zero attached hydrogens (tertiary/aromatic N) is 1. The standard InChI is InChI=1S/C14H17BrClNO/c1-10-8-12(2-3-13(10)15)14(18)17-6-4-11(9-16)5-7-17/h2-3,8,11H,4-7,9H2,1H3. The highest BCUT2D eigenvalue weighted by Crippen LogP contribution is 2.22. The van der Waals surface area contributed by atoms with Gasteiger partial charge in [-0.3, -0.25) is 4.79 Å². The maximum atomic E-state index is 12.3. The van der Waals surface area contributed by atoms with Gasteiger partial charge < -0.3 is 4.90 Å². The van der Waals surface area contributed by atoms with E-state index < -0.39 is 0 Å². The van der Waals surface area contributed by atoms with E-state index in [1.807, 2.05) is 30.0 Å². The van der Waals surface area contributed by atoms with Gasteiger partial charge in [-0.05, 0) is 49.4 Å². The van der Waals surface area contributed by atoms with Crippen LogP contribution in [0.15, 0.2) is 22.7 Å². The molecule has 1 aliphatic rings. The second kappa shape index (κ2) is 6.07. The average molecular weight is 331 g/mol. The lowest BCUT2D eigenvalue weighted by Crippen LogP contribution is -2.38. The maximum Gasteiger partial charge on any atom is 0.253 e. The molecular formula is C14H17BrClNO. The van der Waals surface area contributed by atoms with E-state index in [9.17, 15) is 4.79 Å². The zero-order valence-corrected chi connectivity index (χ0v) is 12.8. The van der Waals surface area contributed by atoms with Crippen molar-refractivity contribution in [3.05, 3.63) is 33.8 Å². The van der Waals surface area contributed by atoms with Gasteiger partial charge >= 0.3 is 0 Å². The van der Waals surface area contributed by atoms with Gasteiger partial charge in [0, 0.05) is 29.0 Å². The lowest BCUT2D eigenvalue weighted by Gasteiger charge is -2.31. The summed E-state index contributed by atoms with van der Waals surface area (Å²) in [6, 6.07) is 5.77. The number of hydrogen-bond donors (Lipinski definition) is 0. The molecule has 1 heterocycles. The van der Waals surface area contributed by atoms with Gasteiger partial charge in [-0.15, -0.1) is 11.6 Å². The van der Waals surface area contributed by atoms with Gasteiger partial charge in [0.15, 0.2) is 0 Å². The van der Waals surface area contributed by atoms with Gasteiger partial charge in [-0.2, -0.15) is 0 Å². The van der Waals surface area contributed by atoms with Crippen LogP contribution in [0, 0.1) is 12.8 Å². The third-order valence-electron chi connectivity index (χ3n) is 3.52. The van der Waals surface area contributed by atoms with Crippen molar-refractivity contribution in [2.24, 2.45) is 5.92 Å². The first-order valence-electron chi connectivity index (χ1n) is 6.23. The molecular weight excluding hydrogens is 314 g/mol. The summed E-state index contributed by atoms with van der Waals surface area (Å²) in [5.74, 6) is 1.42. The number of hydrogen-bond acceptors (Lipinski definition) is 1. The predicted molar refractivity (Wildman–Crippen MR) is 78.2 cm³/mol. The van der Waals surface area contributed by atoms with Crippen LogP contribution < -0.4 is 0 Å². The van der Waals surface area contributed by atoms with Crippen LogP contribution in [0.2, 0.25) is 0 Å². The highest BCUT2D eigenvalue weighted by molar-refractivity contribution is 9.10. The van der Waals surface area contributed by atoms with Crippen LogP contribution in [-0.2, 0) is 0 Å². The predicted octanol–water partition coefficient (Wildman–Crippen LogP) is 3.85. The molecule has 0 unspecified atom stereocenters. The second-order valence-electron chi connectivity index (χ2n) is 4.85. The maximum absolute atomic E-state index is 12.3. The van der Waals surface area contributed by atoms with Crippen LogP contribution in [0.4, 0.5) is 0 Å². The Labute approximate surface area is 121 Å². The summed E-state index contributed by atoms with van der Waals surface area (Å²) in [5, 5.41) is 0. The normalized spacial score (nSPS) is 16.9. The van der Waals surface area contributed by atoms with E-state index in [0.29, 0.717) is 11.8 Å². The average Bonchev–Trinajstić information content (AvgIpc) is 2.41. The number of piperidine rings is 1. The monoisotopic (exact) mass is 329 g/mol. The molecule has 1 fully saturated rings. The largest absolute Gasteiger partial charge is 0.339 e. The van der Waals surface area contributed by atoms with Crippen molar-refractivity contribution in [3.8, 4) is 0 Å². The first-order chi connectivity index (χ1) is 8.61. The number of rotatable bonds is 2. The van der Waals surface area contributed by atoms with E-state index in [0.717, 1.165) is 41.5 Å². The van der Waals surface area contributed by atoms with Crippen molar-refractivity contribution in [1.29, 1.82) is 0 Å². The first kappa shape index (κ1) is 13.9. The lowest BCUT2D eigenvalue weighted by molar-refractivity contribution is 0.0698. The molecule has 2 nitrogen and oxygen atoms in total. The van der Waals surface area contributed by atoms with Crippen LogP contribution in [0.3, 0.4) is 0 Å². The van der Waals surface area contributed by atoms with E-state index in [1.165, 1.54) is 0 Å². The molecule has 98 valence electrons. The Balaban J connectivity index is 2.05. The third-order valence-corrected chi connectivity index (χ3v) is 4.85. The molecule has 0 saturated carbocycles. The summed E-state index contributed by atoms with van der Waals surface area (Å²) < 4.78 is 1.04. The Morgan fingerprint density at radius 3 is 2.67 bits per heavy atom. The smallest absolute Gasteiger partial charge is 0.253 e. The van der Waals surface area contributed by atoms with Gasteiger partial charge in [0.05, 0.1) is 0 Å². The Morgan fingerprint density at radius 1 is 1.44 bits per heavy atom. The van der Waals surface area contributed by atoms with Gasteiger partial charge in [-0.1, -0.05) is 15.9 Å². The molecule has 0 radical (unpaired) electrons. The highest BCUT2D eigenvalue weighted by atomic mass is 79.9. The van der Waals surface area contributed by atoms with Crippen LogP contribution >= 0.6 is 27.5 Å². The molecule has 0 aliphatic carbocycles. The third kappa shape index (κ3) is 3.07. The summed E-state index contributed by atoms with van der Waals surface area (Å²) in [6.07, 6.45) is 2.04. The number of carbonyl (C=O) groups is 1. The van der Waals surface area contributed by atoms with Crippen molar-refractivity contribution in [2.75, 3.05) is 19.0 Å². The van der Waals surface area contributed by atoms with Crippen LogP contribution in [-0.4, -0.2) is 29.8 Å². The molecule has 1 aliphatic heterocycles. The van der Waals surface area contributed by atoms with Crippen molar-refractivity contribution >= 4 is 33.4 Å². The molecule has 18 heavy (non-hydrogen) atoms. The Hall–Kier alpha value is -0.540. The van der Waals surface area contributed by atoms with Gasteiger partial charge in [0.25, 0.3) is 5.91 Å².